The molecule has 2 aromatic heterocycles. The van der Waals surface area contributed by atoms with Crippen molar-refractivity contribution in [2.75, 3.05) is 17.2 Å². The maximum Gasteiger partial charge on any atom is 0.432 e. The minimum absolute atomic E-state index is 0.109. The number of rotatable bonds is 7. The summed E-state index contributed by atoms with van der Waals surface area (Å²) in [7, 11) is 0. The number of hydrogen-bond donors (Lipinski definition) is 4. The standard InChI is InChI=1S/C26H24N6O3/c1-2-3-11-27-18-6-4-5-16(12-18)24-30-22-9-8-20(33)14-21(22)25(31-24)29-19-7-10-23-17(13-19)15-28-32(23)26(34)35/h4-10,12-15,27,33H,2-3,11H2,1H3,(H,34,35)(H,29,30,31). The molecule has 9 heteroatoms. The smallest absolute Gasteiger partial charge is 0.432 e. The number of anilines is 3. The topological polar surface area (TPSA) is 125 Å². The summed E-state index contributed by atoms with van der Waals surface area (Å²) in [6.45, 7) is 3.05. The maximum absolute atomic E-state index is 11.3. The first-order valence-electron chi connectivity index (χ1n) is 11.3. The second-order valence-corrected chi connectivity index (χ2v) is 8.20. The molecule has 9 nitrogen and oxygen atoms in total. The fourth-order valence-electron chi connectivity index (χ4n) is 3.92. The van der Waals surface area contributed by atoms with Crippen LogP contribution in [-0.2, 0) is 0 Å². The second kappa shape index (κ2) is 9.30. The van der Waals surface area contributed by atoms with Crippen LogP contribution in [0.5, 0.6) is 5.75 Å². The van der Waals surface area contributed by atoms with Crippen LogP contribution in [0.3, 0.4) is 0 Å². The van der Waals surface area contributed by atoms with E-state index >= 15 is 0 Å². The van der Waals surface area contributed by atoms with E-state index in [-0.39, 0.29) is 5.75 Å². The highest BCUT2D eigenvalue weighted by Crippen LogP contribution is 2.31. The molecule has 0 atom stereocenters. The first-order chi connectivity index (χ1) is 17.0. The molecule has 176 valence electrons. The van der Waals surface area contributed by atoms with Crippen LogP contribution in [0, 0.1) is 0 Å². The van der Waals surface area contributed by atoms with E-state index in [0.29, 0.717) is 39.1 Å². The van der Waals surface area contributed by atoms with E-state index in [1.165, 1.54) is 6.20 Å². The summed E-state index contributed by atoms with van der Waals surface area (Å²) in [6.07, 6.45) is 2.56. The van der Waals surface area contributed by atoms with Crippen LogP contribution in [0.4, 0.5) is 22.0 Å². The number of carboxylic acid groups (broad SMARTS) is 1. The van der Waals surface area contributed by atoms with Crippen LogP contribution in [0.25, 0.3) is 33.2 Å². The number of benzene rings is 3. The molecule has 0 bridgehead atoms. The summed E-state index contributed by atoms with van der Waals surface area (Å²) < 4.78 is 0.927. The fraction of sp³-hybridized carbons (Fsp3) is 0.154. The highest BCUT2D eigenvalue weighted by molar-refractivity contribution is 5.95. The molecule has 0 fully saturated rings. The lowest BCUT2D eigenvalue weighted by molar-refractivity contribution is 0.194. The van der Waals surface area contributed by atoms with E-state index in [4.69, 9.17) is 9.97 Å². The summed E-state index contributed by atoms with van der Waals surface area (Å²) in [5.41, 5.74) is 3.73. The Labute approximate surface area is 201 Å². The summed E-state index contributed by atoms with van der Waals surface area (Å²) >= 11 is 0. The van der Waals surface area contributed by atoms with Gasteiger partial charge in [0.1, 0.15) is 11.6 Å². The molecule has 0 unspecified atom stereocenters. The van der Waals surface area contributed by atoms with Gasteiger partial charge in [0.25, 0.3) is 0 Å². The molecule has 5 aromatic rings. The highest BCUT2D eigenvalue weighted by Gasteiger charge is 2.13. The van der Waals surface area contributed by atoms with Gasteiger partial charge in [0, 0.05) is 34.3 Å². The first-order valence-corrected chi connectivity index (χ1v) is 11.3. The predicted octanol–water partition coefficient (Wildman–Crippen LogP) is 5.83. The Balaban J connectivity index is 1.55. The van der Waals surface area contributed by atoms with Crippen molar-refractivity contribution in [1.29, 1.82) is 0 Å². The van der Waals surface area contributed by atoms with Crippen molar-refractivity contribution in [3.05, 3.63) is 66.9 Å². The van der Waals surface area contributed by atoms with Gasteiger partial charge in [0.2, 0.25) is 0 Å². The van der Waals surface area contributed by atoms with Gasteiger partial charge < -0.3 is 20.8 Å². The van der Waals surface area contributed by atoms with Crippen molar-refractivity contribution in [2.24, 2.45) is 0 Å². The largest absolute Gasteiger partial charge is 0.508 e. The molecule has 0 amide bonds. The predicted molar refractivity (Wildman–Crippen MR) is 136 cm³/mol. The number of aromatic nitrogens is 4. The van der Waals surface area contributed by atoms with Crippen LogP contribution >= 0.6 is 0 Å². The average Bonchev–Trinajstić information content (AvgIpc) is 3.28. The zero-order valence-corrected chi connectivity index (χ0v) is 19.1. The zero-order chi connectivity index (χ0) is 24.4. The van der Waals surface area contributed by atoms with Gasteiger partial charge in [-0.2, -0.15) is 9.78 Å². The molecule has 5 rings (SSSR count). The second-order valence-electron chi connectivity index (χ2n) is 8.20. The van der Waals surface area contributed by atoms with Crippen LogP contribution in [0.1, 0.15) is 19.8 Å². The van der Waals surface area contributed by atoms with Crippen LogP contribution in [0.15, 0.2) is 66.9 Å². The van der Waals surface area contributed by atoms with Crippen molar-refractivity contribution in [3.8, 4) is 17.1 Å². The number of unbranched alkanes of at least 4 members (excludes halogenated alkanes) is 1. The first kappa shape index (κ1) is 22.1. The van der Waals surface area contributed by atoms with E-state index in [2.05, 4.69) is 22.7 Å². The Hall–Kier alpha value is -4.66. The van der Waals surface area contributed by atoms with E-state index in [1.54, 1.807) is 36.4 Å². The van der Waals surface area contributed by atoms with E-state index in [1.807, 2.05) is 24.3 Å². The van der Waals surface area contributed by atoms with Crippen molar-refractivity contribution >= 4 is 45.1 Å². The van der Waals surface area contributed by atoms with Gasteiger partial charge in [-0.15, -0.1) is 0 Å². The third-order valence-corrected chi connectivity index (χ3v) is 5.67. The van der Waals surface area contributed by atoms with Gasteiger partial charge in [-0.25, -0.2) is 14.8 Å². The molecule has 0 spiro atoms. The van der Waals surface area contributed by atoms with Crippen LogP contribution in [0.2, 0.25) is 0 Å². The molecule has 3 aromatic carbocycles. The molecule has 35 heavy (non-hydrogen) atoms. The van der Waals surface area contributed by atoms with E-state index < -0.39 is 6.09 Å². The Morgan fingerprint density at radius 3 is 2.74 bits per heavy atom. The third-order valence-electron chi connectivity index (χ3n) is 5.67. The molecular formula is C26H24N6O3. The third kappa shape index (κ3) is 4.56. The summed E-state index contributed by atoms with van der Waals surface area (Å²) in [4.78, 5) is 20.9. The lowest BCUT2D eigenvalue weighted by Gasteiger charge is -2.13. The number of carbonyl (C=O) groups is 1. The quantitative estimate of drug-likeness (QED) is 0.220. The molecule has 4 N–H and O–H groups in total. The van der Waals surface area contributed by atoms with Crippen LogP contribution in [-0.4, -0.2) is 42.6 Å². The number of nitrogens with one attached hydrogen (secondary N) is 2. The minimum atomic E-state index is -1.14. The molecular weight excluding hydrogens is 444 g/mol. The Kier molecular flexibility index (Phi) is 5.88. The molecule has 2 heterocycles. The van der Waals surface area contributed by atoms with Gasteiger partial charge in [0.15, 0.2) is 5.82 Å². The number of phenols is 1. The summed E-state index contributed by atoms with van der Waals surface area (Å²) in [6, 6.07) is 18.2. The maximum atomic E-state index is 11.3. The lowest BCUT2D eigenvalue weighted by atomic mass is 10.1. The number of hydrogen-bond acceptors (Lipinski definition) is 7. The van der Waals surface area contributed by atoms with Gasteiger partial charge in [-0.05, 0) is 55.0 Å². The highest BCUT2D eigenvalue weighted by atomic mass is 16.4. The lowest BCUT2D eigenvalue weighted by Crippen LogP contribution is -2.08. The fourth-order valence-corrected chi connectivity index (χ4v) is 3.92. The van der Waals surface area contributed by atoms with Crippen molar-refractivity contribution < 1.29 is 15.0 Å². The van der Waals surface area contributed by atoms with Gasteiger partial charge in [-0.3, -0.25) is 0 Å². The Bertz CT molecular complexity index is 1550. The number of phenolic OH excluding ortho intramolecular Hbond substituents is 1. The van der Waals surface area contributed by atoms with E-state index in [9.17, 15) is 15.0 Å². The number of fused-ring (bicyclic) bond motifs is 2. The molecule has 0 radical (unpaired) electrons. The molecule has 0 aliphatic heterocycles. The van der Waals surface area contributed by atoms with Crippen LogP contribution < -0.4 is 10.6 Å². The summed E-state index contributed by atoms with van der Waals surface area (Å²) in [5, 5.41) is 31.3. The normalized spacial score (nSPS) is 11.1. The molecule has 0 saturated carbocycles. The Morgan fingerprint density at radius 2 is 1.91 bits per heavy atom. The zero-order valence-electron chi connectivity index (χ0n) is 19.1. The minimum Gasteiger partial charge on any atom is -0.508 e. The number of nitrogens with zero attached hydrogens (tertiary/aromatic N) is 4. The monoisotopic (exact) mass is 468 g/mol. The summed E-state index contributed by atoms with van der Waals surface area (Å²) in [5.74, 6) is 1.18. The van der Waals surface area contributed by atoms with Gasteiger partial charge in [0.05, 0.1) is 17.2 Å². The Morgan fingerprint density at radius 1 is 1.03 bits per heavy atom. The molecule has 0 aliphatic carbocycles. The molecule has 0 aliphatic rings. The van der Waals surface area contributed by atoms with Crippen molar-refractivity contribution in [1.82, 2.24) is 19.7 Å². The SMILES string of the molecule is CCCCNc1cccc(-c2nc(Nc3ccc4c(cnn4C(=O)O)c3)c3cc(O)ccc3n2)c1. The van der Waals surface area contributed by atoms with Crippen molar-refractivity contribution in [2.45, 2.75) is 19.8 Å². The van der Waals surface area contributed by atoms with Gasteiger partial charge in [-0.1, -0.05) is 25.5 Å². The van der Waals surface area contributed by atoms with Gasteiger partial charge >= 0.3 is 6.09 Å². The number of aromatic hydroxyl groups is 1. The molecule has 0 saturated heterocycles. The van der Waals surface area contributed by atoms with Crippen molar-refractivity contribution in [3.63, 3.8) is 0 Å². The van der Waals surface area contributed by atoms with E-state index in [0.717, 1.165) is 35.3 Å². The average molecular weight is 469 g/mol.